The van der Waals surface area contributed by atoms with E-state index in [-0.39, 0.29) is 5.91 Å². The normalized spacial score (nSPS) is 10.5. The molecule has 0 saturated carbocycles. The highest BCUT2D eigenvalue weighted by molar-refractivity contribution is 6.06. The molecular formula is C15H14N4O3. The number of hydrogen-bond donors (Lipinski definition) is 2. The molecule has 2 N–H and O–H groups in total. The molecule has 0 fully saturated rings. The van der Waals surface area contributed by atoms with Gasteiger partial charge in [0.15, 0.2) is 0 Å². The Morgan fingerprint density at radius 1 is 1.05 bits per heavy atom. The van der Waals surface area contributed by atoms with E-state index in [1.54, 1.807) is 50.6 Å². The quantitative estimate of drug-likeness (QED) is 0.771. The lowest BCUT2D eigenvalue weighted by atomic mass is 10.1. The highest BCUT2D eigenvalue weighted by Crippen LogP contribution is 2.29. The largest absolute Gasteiger partial charge is 0.497 e. The number of carbonyl (C=O) groups is 1. The minimum atomic E-state index is -0.267. The predicted molar refractivity (Wildman–Crippen MR) is 81.4 cm³/mol. The molecule has 0 unspecified atom stereocenters. The molecular weight excluding hydrogens is 284 g/mol. The lowest BCUT2D eigenvalue weighted by Crippen LogP contribution is -2.12. The number of aromatic amines is 1. The number of methoxy groups -OCH3 is 2. The van der Waals surface area contributed by atoms with Crippen LogP contribution in [0, 0.1) is 0 Å². The molecule has 1 amide bonds. The summed E-state index contributed by atoms with van der Waals surface area (Å²) >= 11 is 0. The smallest absolute Gasteiger partial charge is 0.255 e. The molecule has 7 heteroatoms. The van der Waals surface area contributed by atoms with Crippen LogP contribution >= 0.6 is 0 Å². The maximum atomic E-state index is 12.4. The Morgan fingerprint density at radius 2 is 1.86 bits per heavy atom. The van der Waals surface area contributed by atoms with Gasteiger partial charge in [0, 0.05) is 11.6 Å². The number of nitrogens with one attached hydrogen (secondary N) is 2. The Labute approximate surface area is 126 Å². The Morgan fingerprint density at radius 3 is 2.64 bits per heavy atom. The molecule has 0 atom stereocenters. The second kappa shape index (κ2) is 5.72. The molecule has 0 saturated heterocycles. The number of H-pyrrole nitrogens is 1. The molecule has 3 rings (SSSR count). The average Bonchev–Trinajstić information content (AvgIpc) is 3.02. The Kier molecular flexibility index (Phi) is 3.61. The van der Waals surface area contributed by atoms with Crippen LogP contribution in [0.3, 0.4) is 0 Å². The fourth-order valence-electron chi connectivity index (χ4n) is 2.09. The fraction of sp³-hybridized carbons (Fsp3) is 0.133. The minimum Gasteiger partial charge on any atom is -0.497 e. The lowest BCUT2D eigenvalue weighted by molar-refractivity contribution is 0.102. The van der Waals surface area contributed by atoms with Gasteiger partial charge < -0.3 is 14.8 Å². The second-order valence-corrected chi connectivity index (χ2v) is 4.55. The standard InChI is InChI=1S/C15H14N4O3/c1-21-10-4-6-14(22-2)13(8-10)16-15(20)9-3-5-11-12(7-9)18-19-17-11/h3-8H,1-2H3,(H,16,20)(H,17,18,19). The van der Waals surface area contributed by atoms with Crippen molar-refractivity contribution < 1.29 is 14.3 Å². The van der Waals surface area contributed by atoms with E-state index in [0.29, 0.717) is 33.8 Å². The minimum absolute atomic E-state index is 0.267. The van der Waals surface area contributed by atoms with Gasteiger partial charge in [-0.2, -0.15) is 15.4 Å². The molecule has 7 nitrogen and oxygen atoms in total. The van der Waals surface area contributed by atoms with E-state index in [2.05, 4.69) is 20.7 Å². The number of rotatable bonds is 4. The number of anilines is 1. The summed E-state index contributed by atoms with van der Waals surface area (Å²) in [6.45, 7) is 0. The van der Waals surface area contributed by atoms with E-state index >= 15 is 0 Å². The van der Waals surface area contributed by atoms with Crippen molar-refractivity contribution in [3.63, 3.8) is 0 Å². The topological polar surface area (TPSA) is 89.1 Å². The average molecular weight is 298 g/mol. The van der Waals surface area contributed by atoms with Gasteiger partial charge in [-0.3, -0.25) is 4.79 Å². The molecule has 0 aliphatic carbocycles. The summed E-state index contributed by atoms with van der Waals surface area (Å²) in [6, 6.07) is 10.3. The van der Waals surface area contributed by atoms with E-state index in [1.165, 1.54) is 0 Å². The van der Waals surface area contributed by atoms with Gasteiger partial charge in [-0.1, -0.05) is 0 Å². The van der Waals surface area contributed by atoms with Crippen LogP contribution in [0.1, 0.15) is 10.4 Å². The molecule has 0 aliphatic rings. The lowest BCUT2D eigenvalue weighted by Gasteiger charge is -2.11. The molecule has 0 aliphatic heterocycles. The molecule has 22 heavy (non-hydrogen) atoms. The predicted octanol–water partition coefficient (Wildman–Crippen LogP) is 2.23. The molecule has 0 spiro atoms. The summed E-state index contributed by atoms with van der Waals surface area (Å²) in [5, 5.41) is 13.2. The first kappa shape index (κ1) is 13.9. The fourth-order valence-corrected chi connectivity index (χ4v) is 2.09. The van der Waals surface area contributed by atoms with Crippen molar-refractivity contribution >= 4 is 22.6 Å². The van der Waals surface area contributed by atoms with E-state index < -0.39 is 0 Å². The number of carbonyl (C=O) groups excluding carboxylic acids is 1. The molecule has 2 aromatic carbocycles. The third kappa shape index (κ3) is 2.56. The van der Waals surface area contributed by atoms with Gasteiger partial charge in [0.25, 0.3) is 5.91 Å². The first-order valence-electron chi connectivity index (χ1n) is 6.55. The van der Waals surface area contributed by atoms with E-state index in [0.717, 1.165) is 0 Å². The summed E-state index contributed by atoms with van der Waals surface area (Å²) in [5.74, 6) is 0.913. The number of ether oxygens (including phenoxy) is 2. The van der Waals surface area contributed by atoms with Gasteiger partial charge in [0.1, 0.15) is 22.5 Å². The monoisotopic (exact) mass is 298 g/mol. The Balaban J connectivity index is 1.89. The van der Waals surface area contributed by atoms with Gasteiger partial charge >= 0.3 is 0 Å². The molecule has 1 heterocycles. The van der Waals surface area contributed by atoms with Crippen LogP contribution in [0.5, 0.6) is 11.5 Å². The first-order valence-corrected chi connectivity index (χ1v) is 6.55. The van der Waals surface area contributed by atoms with Crippen molar-refractivity contribution in [1.29, 1.82) is 0 Å². The zero-order valence-corrected chi connectivity index (χ0v) is 12.1. The van der Waals surface area contributed by atoms with Crippen molar-refractivity contribution in [2.75, 3.05) is 19.5 Å². The Bertz CT molecular complexity index is 829. The van der Waals surface area contributed by atoms with Crippen molar-refractivity contribution in [3.05, 3.63) is 42.0 Å². The van der Waals surface area contributed by atoms with Gasteiger partial charge in [-0.25, -0.2) is 0 Å². The van der Waals surface area contributed by atoms with Crippen LogP contribution in [0.15, 0.2) is 36.4 Å². The van der Waals surface area contributed by atoms with Crippen molar-refractivity contribution in [3.8, 4) is 11.5 Å². The number of fused-ring (bicyclic) bond motifs is 1. The maximum Gasteiger partial charge on any atom is 0.255 e. The zero-order chi connectivity index (χ0) is 15.5. The zero-order valence-electron chi connectivity index (χ0n) is 12.1. The Hall–Kier alpha value is -3.09. The number of nitrogens with zero attached hydrogens (tertiary/aromatic N) is 2. The molecule has 0 radical (unpaired) electrons. The van der Waals surface area contributed by atoms with E-state index in [1.807, 2.05) is 0 Å². The van der Waals surface area contributed by atoms with Crippen molar-refractivity contribution in [2.45, 2.75) is 0 Å². The van der Waals surface area contributed by atoms with Crippen LogP contribution in [0.2, 0.25) is 0 Å². The summed E-state index contributed by atoms with van der Waals surface area (Å²) in [6.07, 6.45) is 0. The molecule has 112 valence electrons. The maximum absolute atomic E-state index is 12.4. The number of aromatic nitrogens is 3. The summed E-state index contributed by atoms with van der Waals surface area (Å²) in [5.41, 5.74) is 2.35. The molecule has 0 bridgehead atoms. The van der Waals surface area contributed by atoms with Gasteiger partial charge in [0.2, 0.25) is 0 Å². The number of amides is 1. The van der Waals surface area contributed by atoms with Crippen molar-refractivity contribution in [2.24, 2.45) is 0 Å². The van der Waals surface area contributed by atoms with Gasteiger partial charge in [0.05, 0.1) is 19.9 Å². The van der Waals surface area contributed by atoms with Gasteiger partial charge in [-0.05, 0) is 30.3 Å². The van der Waals surface area contributed by atoms with E-state index in [9.17, 15) is 4.79 Å². The number of hydrogen-bond acceptors (Lipinski definition) is 5. The third-order valence-corrected chi connectivity index (χ3v) is 3.23. The summed E-state index contributed by atoms with van der Waals surface area (Å²) in [7, 11) is 3.10. The molecule has 1 aromatic heterocycles. The third-order valence-electron chi connectivity index (χ3n) is 3.23. The van der Waals surface area contributed by atoms with Crippen LogP contribution in [-0.2, 0) is 0 Å². The number of benzene rings is 2. The summed E-state index contributed by atoms with van der Waals surface area (Å²) in [4.78, 5) is 12.4. The van der Waals surface area contributed by atoms with Crippen LogP contribution in [0.25, 0.3) is 11.0 Å². The van der Waals surface area contributed by atoms with Crippen molar-refractivity contribution in [1.82, 2.24) is 15.4 Å². The first-order chi connectivity index (χ1) is 10.7. The summed E-state index contributed by atoms with van der Waals surface area (Å²) < 4.78 is 10.4. The van der Waals surface area contributed by atoms with Crippen LogP contribution in [0.4, 0.5) is 5.69 Å². The highest BCUT2D eigenvalue weighted by atomic mass is 16.5. The van der Waals surface area contributed by atoms with Crippen LogP contribution in [-0.4, -0.2) is 35.5 Å². The van der Waals surface area contributed by atoms with E-state index in [4.69, 9.17) is 9.47 Å². The van der Waals surface area contributed by atoms with Crippen LogP contribution < -0.4 is 14.8 Å². The second-order valence-electron chi connectivity index (χ2n) is 4.55. The molecule has 3 aromatic rings. The van der Waals surface area contributed by atoms with Gasteiger partial charge in [-0.15, -0.1) is 0 Å². The highest BCUT2D eigenvalue weighted by Gasteiger charge is 2.12. The SMILES string of the molecule is COc1ccc(OC)c(NC(=O)c2ccc3n[nH]nc3c2)c1.